The largest absolute Gasteiger partial charge is 0.342 e. The van der Waals surface area contributed by atoms with Crippen LogP contribution in [0.15, 0.2) is 0 Å². The van der Waals surface area contributed by atoms with Gasteiger partial charge in [0.25, 0.3) is 0 Å². The van der Waals surface area contributed by atoms with Gasteiger partial charge in [0.05, 0.1) is 4.83 Å². The Bertz CT molecular complexity index is 197. The summed E-state index contributed by atoms with van der Waals surface area (Å²) < 4.78 is 0. The number of amides is 1. The standard InChI is InChI=1S/C11H20BrNO/c1-8(2)10(12)11(14)13-6-4-9(3)5-7-13/h8-10H,4-7H2,1-3H3. The van der Waals surface area contributed by atoms with Crippen molar-refractivity contribution in [2.45, 2.75) is 38.4 Å². The molecular weight excluding hydrogens is 242 g/mol. The summed E-state index contributed by atoms with van der Waals surface area (Å²) in [7, 11) is 0. The minimum absolute atomic E-state index is 0.00379. The molecule has 1 aliphatic rings. The van der Waals surface area contributed by atoms with Gasteiger partial charge < -0.3 is 4.90 Å². The summed E-state index contributed by atoms with van der Waals surface area (Å²) in [5.41, 5.74) is 0. The van der Waals surface area contributed by atoms with Gasteiger partial charge in [-0.3, -0.25) is 4.79 Å². The number of nitrogens with zero attached hydrogens (tertiary/aromatic N) is 1. The number of halogens is 1. The molecule has 1 rings (SSSR count). The summed E-state index contributed by atoms with van der Waals surface area (Å²) in [5.74, 6) is 1.43. The normalized spacial score (nSPS) is 21.4. The third-order valence-electron chi connectivity index (χ3n) is 2.92. The second kappa shape index (κ2) is 5.15. The second-order valence-corrected chi connectivity index (χ2v) is 5.64. The van der Waals surface area contributed by atoms with Crippen LogP contribution in [0.4, 0.5) is 0 Å². The highest BCUT2D eigenvalue weighted by molar-refractivity contribution is 9.10. The lowest BCUT2D eigenvalue weighted by Crippen LogP contribution is -2.43. The van der Waals surface area contributed by atoms with E-state index in [0.29, 0.717) is 5.92 Å². The van der Waals surface area contributed by atoms with E-state index in [1.807, 2.05) is 4.90 Å². The smallest absolute Gasteiger partial charge is 0.236 e. The molecule has 0 aromatic rings. The van der Waals surface area contributed by atoms with Crippen LogP contribution < -0.4 is 0 Å². The highest BCUT2D eigenvalue weighted by atomic mass is 79.9. The predicted molar refractivity (Wildman–Crippen MR) is 62.5 cm³/mol. The first kappa shape index (κ1) is 12.0. The molecule has 1 atom stereocenters. The number of hydrogen-bond acceptors (Lipinski definition) is 1. The Balaban J connectivity index is 2.45. The molecule has 2 nitrogen and oxygen atoms in total. The van der Waals surface area contributed by atoms with Gasteiger partial charge in [-0.15, -0.1) is 0 Å². The average molecular weight is 262 g/mol. The molecular formula is C11H20BrNO. The minimum Gasteiger partial charge on any atom is -0.342 e. The van der Waals surface area contributed by atoms with Crippen molar-refractivity contribution in [1.29, 1.82) is 0 Å². The maximum atomic E-state index is 11.9. The Morgan fingerprint density at radius 3 is 2.29 bits per heavy atom. The number of rotatable bonds is 2. The molecule has 14 heavy (non-hydrogen) atoms. The molecule has 1 amide bonds. The molecule has 82 valence electrons. The van der Waals surface area contributed by atoms with E-state index in [4.69, 9.17) is 0 Å². The summed E-state index contributed by atoms with van der Waals surface area (Å²) in [6.45, 7) is 8.29. The summed E-state index contributed by atoms with van der Waals surface area (Å²) >= 11 is 3.47. The molecule has 0 saturated carbocycles. The van der Waals surface area contributed by atoms with Gasteiger partial charge in [-0.2, -0.15) is 0 Å². The fraction of sp³-hybridized carbons (Fsp3) is 0.909. The Morgan fingerprint density at radius 1 is 1.36 bits per heavy atom. The van der Waals surface area contributed by atoms with Crippen molar-refractivity contribution >= 4 is 21.8 Å². The number of hydrogen-bond donors (Lipinski definition) is 0. The van der Waals surface area contributed by atoms with Crippen LogP contribution in [0.25, 0.3) is 0 Å². The van der Waals surface area contributed by atoms with E-state index in [9.17, 15) is 4.79 Å². The monoisotopic (exact) mass is 261 g/mol. The lowest BCUT2D eigenvalue weighted by Gasteiger charge is -2.32. The molecule has 3 heteroatoms. The molecule has 1 unspecified atom stereocenters. The van der Waals surface area contributed by atoms with Gasteiger partial charge in [-0.25, -0.2) is 0 Å². The molecule has 0 aromatic carbocycles. The predicted octanol–water partition coefficient (Wildman–Crippen LogP) is 2.66. The lowest BCUT2D eigenvalue weighted by atomic mass is 9.98. The molecule has 0 aromatic heterocycles. The molecule has 0 radical (unpaired) electrons. The van der Waals surface area contributed by atoms with Crippen LogP contribution in [-0.2, 0) is 4.79 Å². The lowest BCUT2D eigenvalue weighted by molar-refractivity contribution is -0.132. The van der Waals surface area contributed by atoms with Crippen LogP contribution >= 0.6 is 15.9 Å². The van der Waals surface area contributed by atoms with Gasteiger partial charge in [0.2, 0.25) is 5.91 Å². The molecule has 1 heterocycles. The Morgan fingerprint density at radius 2 is 1.86 bits per heavy atom. The molecule has 0 aliphatic carbocycles. The highest BCUT2D eigenvalue weighted by Gasteiger charge is 2.26. The van der Waals surface area contributed by atoms with E-state index in [1.54, 1.807) is 0 Å². The van der Waals surface area contributed by atoms with Crippen molar-refractivity contribution in [3.63, 3.8) is 0 Å². The zero-order valence-corrected chi connectivity index (χ0v) is 10.9. The van der Waals surface area contributed by atoms with E-state index >= 15 is 0 Å². The fourth-order valence-corrected chi connectivity index (χ4v) is 1.98. The van der Waals surface area contributed by atoms with Crippen LogP contribution in [0.3, 0.4) is 0 Å². The molecule has 1 fully saturated rings. The molecule has 0 bridgehead atoms. The first-order valence-electron chi connectivity index (χ1n) is 5.45. The average Bonchev–Trinajstić information content (AvgIpc) is 2.16. The second-order valence-electron chi connectivity index (χ2n) is 4.65. The van der Waals surface area contributed by atoms with Gasteiger partial charge in [-0.05, 0) is 24.7 Å². The number of alkyl halides is 1. The Hall–Kier alpha value is -0.0500. The van der Waals surface area contributed by atoms with Gasteiger partial charge in [0.1, 0.15) is 0 Å². The third-order valence-corrected chi connectivity index (χ3v) is 4.37. The van der Waals surface area contributed by atoms with Gasteiger partial charge in [0, 0.05) is 13.1 Å². The number of piperidine rings is 1. The van der Waals surface area contributed by atoms with Crippen LogP contribution in [0.2, 0.25) is 0 Å². The summed E-state index contributed by atoms with van der Waals surface area (Å²) in [6.07, 6.45) is 2.31. The van der Waals surface area contributed by atoms with E-state index in [-0.39, 0.29) is 10.7 Å². The van der Waals surface area contributed by atoms with Gasteiger partial charge >= 0.3 is 0 Å². The number of carbonyl (C=O) groups excluding carboxylic acids is 1. The Labute approximate surface area is 95.2 Å². The fourth-order valence-electron chi connectivity index (χ4n) is 1.69. The summed E-state index contributed by atoms with van der Waals surface area (Å²) in [5, 5.41) is 0. The van der Waals surface area contributed by atoms with Crippen molar-refractivity contribution in [2.75, 3.05) is 13.1 Å². The minimum atomic E-state index is -0.00379. The van der Waals surface area contributed by atoms with E-state index < -0.39 is 0 Å². The van der Waals surface area contributed by atoms with Gasteiger partial charge in [0.15, 0.2) is 0 Å². The van der Waals surface area contributed by atoms with E-state index in [0.717, 1.165) is 31.8 Å². The molecule has 0 N–H and O–H groups in total. The molecule has 1 saturated heterocycles. The zero-order valence-electron chi connectivity index (χ0n) is 9.29. The maximum absolute atomic E-state index is 11.9. The number of carbonyl (C=O) groups is 1. The highest BCUT2D eigenvalue weighted by Crippen LogP contribution is 2.21. The topological polar surface area (TPSA) is 20.3 Å². The summed E-state index contributed by atoms with van der Waals surface area (Å²) in [6, 6.07) is 0. The third kappa shape index (κ3) is 2.97. The van der Waals surface area contributed by atoms with Crippen molar-refractivity contribution in [3.05, 3.63) is 0 Å². The van der Waals surface area contributed by atoms with Crippen LogP contribution in [0.1, 0.15) is 33.6 Å². The molecule has 0 spiro atoms. The van der Waals surface area contributed by atoms with Crippen LogP contribution in [0.5, 0.6) is 0 Å². The van der Waals surface area contributed by atoms with Crippen LogP contribution in [-0.4, -0.2) is 28.7 Å². The SMILES string of the molecule is CC1CCN(C(=O)C(Br)C(C)C)CC1. The molecule has 1 aliphatic heterocycles. The first-order valence-corrected chi connectivity index (χ1v) is 6.36. The van der Waals surface area contributed by atoms with Crippen LogP contribution in [0, 0.1) is 11.8 Å². The first-order chi connectivity index (χ1) is 6.52. The van der Waals surface area contributed by atoms with Gasteiger partial charge in [-0.1, -0.05) is 36.7 Å². The van der Waals surface area contributed by atoms with E-state index in [2.05, 4.69) is 36.7 Å². The van der Waals surface area contributed by atoms with Crippen molar-refractivity contribution in [3.8, 4) is 0 Å². The Kier molecular flexibility index (Phi) is 4.42. The van der Waals surface area contributed by atoms with Crippen molar-refractivity contribution < 1.29 is 4.79 Å². The van der Waals surface area contributed by atoms with Crippen molar-refractivity contribution in [1.82, 2.24) is 4.90 Å². The number of likely N-dealkylation sites (tertiary alicyclic amines) is 1. The summed E-state index contributed by atoms with van der Waals surface area (Å²) in [4.78, 5) is 13.9. The maximum Gasteiger partial charge on any atom is 0.236 e. The zero-order chi connectivity index (χ0) is 10.7. The van der Waals surface area contributed by atoms with E-state index in [1.165, 1.54) is 0 Å². The quantitative estimate of drug-likeness (QED) is 0.700. The van der Waals surface area contributed by atoms with Crippen molar-refractivity contribution in [2.24, 2.45) is 11.8 Å².